The number of esters is 1. The van der Waals surface area contributed by atoms with Crippen molar-refractivity contribution in [1.29, 1.82) is 0 Å². The lowest BCUT2D eigenvalue weighted by Crippen LogP contribution is -2.17. The molecule has 0 bridgehead atoms. The predicted molar refractivity (Wildman–Crippen MR) is 128 cm³/mol. The first-order valence-corrected chi connectivity index (χ1v) is 12.3. The standard InChI is InChI=1S/C28H39NO2/c1-6-31-27(30)25-17-26(29(19(25)2)18-20-10-8-7-9-11-20)23-14-22(21-12-13-21)15-24(16-23)28(3,4)5/h14-17,20-21H,6-13,18H2,1-5H3. The van der Waals surface area contributed by atoms with Gasteiger partial charge < -0.3 is 9.30 Å². The van der Waals surface area contributed by atoms with Crippen molar-refractivity contribution >= 4 is 5.97 Å². The third kappa shape index (κ3) is 4.91. The summed E-state index contributed by atoms with van der Waals surface area (Å²) in [4.78, 5) is 12.7. The van der Waals surface area contributed by atoms with Crippen LogP contribution in [-0.4, -0.2) is 17.1 Å². The van der Waals surface area contributed by atoms with Crippen LogP contribution in [0.4, 0.5) is 0 Å². The number of rotatable bonds is 6. The number of hydrogen-bond donors (Lipinski definition) is 0. The smallest absolute Gasteiger partial charge is 0.339 e. The van der Waals surface area contributed by atoms with E-state index in [1.807, 2.05) is 6.92 Å². The second-order valence-corrected chi connectivity index (χ2v) is 10.7. The zero-order valence-corrected chi connectivity index (χ0v) is 20.1. The highest BCUT2D eigenvalue weighted by atomic mass is 16.5. The highest BCUT2D eigenvalue weighted by molar-refractivity contribution is 5.92. The minimum Gasteiger partial charge on any atom is -0.462 e. The van der Waals surface area contributed by atoms with E-state index in [2.05, 4.69) is 56.5 Å². The number of carbonyl (C=O) groups is 1. The van der Waals surface area contributed by atoms with E-state index >= 15 is 0 Å². The van der Waals surface area contributed by atoms with Crippen LogP contribution in [-0.2, 0) is 16.7 Å². The zero-order chi connectivity index (χ0) is 22.2. The van der Waals surface area contributed by atoms with Crippen molar-refractivity contribution in [3.63, 3.8) is 0 Å². The summed E-state index contributed by atoms with van der Waals surface area (Å²) in [5.74, 6) is 1.20. The first-order valence-electron chi connectivity index (χ1n) is 12.3. The van der Waals surface area contributed by atoms with Gasteiger partial charge in [0.05, 0.1) is 12.2 Å². The Bertz CT molecular complexity index is 937. The predicted octanol–water partition coefficient (Wildman–Crippen LogP) is 7.40. The van der Waals surface area contributed by atoms with Gasteiger partial charge in [-0.25, -0.2) is 4.79 Å². The van der Waals surface area contributed by atoms with Gasteiger partial charge in [0.2, 0.25) is 0 Å². The van der Waals surface area contributed by atoms with Gasteiger partial charge in [0.25, 0.3) is 0 Å². The van der Waals surface area contributed by atoms with Crippen LogP contribution < -0.4 is 0 Å². The average Bonchev–Trinajstić information content (AvgIpc) is 3.53. The second-order valence-electron chi connectivity index (χ2n) is 10.7. The SMILES string of the molecule is CCOC(=O)c1cc(-c2cc(C3CC3)cc(C(C)(C)C)c2)n(CC2CCCCC2)c1C. The van der Waals surface area contributed by atoms with Crippen LogP contribution in [0, 0.1) is 12.8 Å². The van der Waals surface area contributed by atoms with Crippen LogP contribution in [0.1, 0.15) is 106 Å². The lowest BCUT2D eigenvalue weighted by atomic mass is 9.84. The van der Waals surface area contributed by atoms with Gasteiger partial charge in [-0.05, 0) is 91.7 Å². The van der Waals surface area contributed by atoms with Crippen molar-refractivity contribution in [2.24, 2.45) is 5.92 Å². The Kier molecular flexibility index (Phi) is 6.32. The molecule has 2 fully saturated rings. The summed E-state index contributed by atoms with van der Waals surface area (Å²) in [5.41, 5.74) is 7.15. The summed E-state index contributed by atoms with van der Waals surface area (Å²) in [5, 5.41) is 0. The Balaban J connectivity index is 1.81. The van der Waals surface area contributed by atoms with E-state index in [0.29, 0.717) is 18.4 Å². The molecule has 0 radical (unpaired) electrons. The van der Waals surface area contributed by atoms with E-state index in [1.54, 1.807) is 0 Å². The molecular formula is C28H39NO2. The minimum absolute atomic E-state index is 0.0967. The molecule has 3 heteroatoms. The topological polar surface area (TPSA) is 31.2 Å². The second kappa shape index (κ2) is 8.84. The molecule has 0 aliphatic heterocycles. The Labute approximate surface area is 188 Å². The van der Waals surface area contributed by atoms with Crippen molar-refractivity contribution in [1.82, 2.24) is 4.57 Å². The van der Waals surface area contributed by atoms with Crippen LogP contribution in [0.2, 0.25) is 0 Å². The minimum atomic E-state index is -0.196. The van der Waals surface area contributed by atoms with E-state index in [0.717, 1.165) is 17.8 Å². The molecule has 1 aromatic carbocycles. The van der Waals surface area contributed by atoms with Crippen molar-refractivity contribution in [3.8, 4) is 11.3 Å². The summed E-state index contributed by atoms with van der Waals surface area (Å²) in [6.07, 6.45) is 9.20. The number of ether oxygens (including phenoxy) is 1. The fourth-order valence-corrected chi connectivity index (χ4v) is 5.05. The first-order chi connectivity index (χ1) is 14.8. The summed E-state index contributed by atoms with van der Waals surface area (Å²) >= 11 is 0. The summed E-state index contributed by atoms with van der Waals surface area (Å²) in [6.45, 7) is 12.2. The highest BCUT2D eigenvalue weighted by Gasteiger charge is 2.28. The van der Waals surface area contributed by atoms with Crippen LogP contribution in [0.25, 0.3) is 11.3 Å². The maximum Gasteiger partial charge on any atom is 0.339 e. The van der Waals surface area contributed by atoms with Gasteiger partial charge in [0, 0.05) is 17.9 Å². The normalized spacial score (nSPS) is 17.7. The van der Waals surface area contributed by atoms with Crippen molar-refractivity contribution in [2.45, 2.75) is 97.4 Å². The molecule has 2 aromatic rings. The summed E-state index contributed by atoms with van der Waals surface area (Å²) < 4.78 is 7.82. The van der Waals surface area contributed by atoms with Crippen molar-refractivity contribution in [3.05, 3.63) is 46.6 Å². The highest BCUT2D eigenvalue weighted by Crippen LogP contribution is 2.43. The van der Waals surface area contributed by atoms with Crippen LogP contribution in [0.5, 0.6) is 0 Å². The molecule has 31 heavy (non-hydrogen) atoms. The number of benzene rings is 1. The van der Waals surface area contributed by atoms with Gasteiger partial charge in [0.1, 0.15) is 0 Å². The van der Waals surface area contributed by atoms with E-state index in [1.165, 1.54) is 67.3 Å². The molecule has 4 rings (SSSR count). The zero-order valence-electron chi connectivity index (χ0n) is 20.1. The molecule has 0 spiro atoms. The van der Waals surface area contributed by atoms with E-state index in [-0.39, 0.29) is 11.4 Å². The monoisotopic (exact) mass is 421 g/mol. The third-order valence-electron chi connectivity index (χ3n) is 7.19. The maximum absolute atomic E-state index is 12.7. The van der Waals surface area contributed by atoms with E-state index in [9.17, 15) is 4.79 Å². The Hall–Kier alpha value is -2.03. The Morgan fingerprint density at radius 1 is 1.03 bits per heavy atom. The molecule has 0 N–H and O–H groups in total. The number of hydrogen-bond acceptors (Lipinski definition) is 2. The van der Waals surface area contributed by atoms with Gasteiger partial charge in [0.15, 0.2) is 0 Å². The number of aromatic nitrogens is 1. The molecule has 168 valence electrons. The van der Waals surface area contributed by atoms with Gasteiger partial charge in [-0.2, -0.15) is 0 Å². The molecular weight excluding hydrogens is 382 g/mol. The Morgan fingerprint density at radius 2 is 1.74 bits per heavy atom. The fourth-order valence-electron chi connectivity index (χ4n) is 5.05. The van der Waals surface area contributed by atoms with Crippen molar-refractivity contribution in [2.75, 3.05) is 6.61 Å². The molecule has 1 heterocycles. The Morgan fingerprint density at radius 3 is 2.35 bits per heavy atom. The first kappa shape index (κ1) is 22.2. The molecule has 3 nitrogen and oxygen atoms in total. The summed E-state index contributed by atoms with van der Waals surface area (Å²) in [7, 11) is 0. The van der Waals surface area contributed by atoms with Gasteiger partial charge in [-0.15, -0.1) is 0 Å². The fraction of sp³-hybridized carbons (Fsp3) is 0.607. The number of carbonyl (C=O) groups excluding carboxylic acids is 1. The largest absolute Gasteiger partial charge is 0.462 e. The van der Waals surface area contributed by atoms with Gasteiger partial charge >= 0.3 is 5.97 Å². The van der Waals surface area contributed by atoms with Crippen LogP contribution >= 0.6 is 0 Å². The third-order valence-corrected chi connectivity index (χ3v) is 7.19. The van der Waals surface area contributed by atoms with Gasteiger partial charge in [-0.3, -0.25) is 0 Å². The van der Waals surface area contributed by atoms with Gasteiger partial charge in [-0.1, -0.05) is 46.1 Å². The lowest BCUT2D eigenvalue weighted by molar-refractivity contribution is 0.0525. The molecule has 0 atom stereocenters. The lowest BCUT2D eigenvalue weighted by Gasteiger charge is -2.25. The van der Waals surface area contributed by atoms with Crippen molar-refractivity contribution < 1.29 is 9.53 Å². The molecule has 0 saturated heterocycles. The molecule has 2 aliphatic rings. The average molecular weight is 422 g/mol. The van der Waals surface area contributed by atoms with Crippen LogP contribution in [0.15, 0.2) is 24.3 Å². The molecule has 1 aromatic heterocycles. The maximum atomic E-state index is 12.7. The molecule has 2 aliphatic carbocycles. The van der Waals surface area contributed by atoms with E-state index in [4.69, 9.17) is 4.74 Å². The van der Waals surface area contributed by atoms with E-state index < -0.39 is 0 Å². The molecule has 0 unspecified atom stereocenters. The van der Waals surface area contributed by atoms with Crippen LogP contribution in [0.3, 0.4) is 0 Å². The molecule has 0 amide bonds. The summed E-state index contributed by atoms with van der Waals surface area (Å²) in [6, 6.07) is 9.24. The molecule has 2 saturated carbocycles. The number of nitrogens with zero attached hydrogens (tertiary/aromatic N) is 1. The quantitative estimate of drug-likeness (QED) is 0.455.